The second-order valence-electron chi connectivity index (χ2n) is 7.99. The van der Waals surface area contributed by atoms with E-state index in [1.165, 1.54) is 5.56 Å². The van der Waals surface area contributed by atoms with Crippen molar-refractivity contribution in [3.8, 4) is 22.6 Å². The highest BCUT2D eigenvalue weighted by molar-refractivity contribution is 6.05. The molecule has 0 atom stereocenters. The molecule has 4 rings (SSSR count). The van der Waals surface area contributed by atoms with Gasteiger partial charge in [-0.05, 0) is 55.7 Å². The maximum Gasteiger partial charge on any atom is 0.248 e. The summed E-state index contributed by atoms with van der Waals surface area (Å²) in [5.74, 6) is 1.24. The summed E-state index contributed by atoms with van der Waals surface area (Å²) in [6.07, 6.45) is 4.29. The van der Waals surface area contributed by atoms with E-state index in [0.29, 0.717) is 17.9 Å². The second-order valence-corrected chi connectivity index (χ2v) is 7.99. The molecule has 5 heteroatoms. The lowest BCUT2D eigenvalue weighted by molar-refractivity contribution is -0.111. The van der Waals surface area contributed by atoms with E-state index in [-0.39, 0.29) is 5.91 Å². The number of ether oxygens (including phenoxy) is 2. The first-order valence-electron chi connectivity index (χ1n) is 11.4. The van der Waals surface area contributed by atoms with Crippen molar-refractivity contribution in [1.82, 2.24) is 0 Å². The predicted molar refractivity (Wildman–Crippen MR) is 137 cm³/mol. The van der Waals surface area contributed by atoms with Crippen LogP contribution >= 0.6 is 0 Å². The van der Waals surface area contributed by atoms with Crippen LogP contribution in [0.1, 0.15) is 31.9 Å². The fourth-order valence-corrected chi connectivity index (χ4v) is 3.99. The summed E-state index contributed by atoms with van der Waals surface area (Å²) in [4.78, 5) is 12.7. The number of hydrogen-bond donors (Lipinski definition) is 1. The molecule has 0 saturated heterocycles. The van der Waals surface area contributed by atoms with E-state index in [4.69, 9.17) is 13.9 Å². The van der Waals surface area contributed by atoms with Gasteiger partial charge < -0.3 is 19.2 Å². The van der Waals surface area contributed by atoms with Crippen LogP contribution in [0.5, 0.6) is 11.5 Å². The van der Waals surface area contributed by atoms with E-state index in [2.05, 4.69) is 12.2 Å². The molecule has 174 valence electrons. The summed E-state index contributed by atoms with van der Waals surface area (Å²) >= 11 is 0. The quantitative estimate of drug-likeness (QED) is 0.288. The molecule has 34 heavy (non-hydrogen) atoms. The molecule has 3 aromatic carbocycles. The number of carbonyl (C=O) groups excluding carboxylic acids is 1. The second kappa shape index (κ2) is 10.3. The van der Waals surface area contributed by atoms with Gasteiger partial charge in [-0.1, -0.05) is 37.3 Å². The Bertz CT molecular complexity index is 1330. The monoisotopic (exact) mass is 455 g/mol. The SMILES string of the molecule is CCOc1cc2occ(-c3ccccc3OC)c2cc1/C(C)=C/C(=O)Nc1ccc(CC)cc1. The number of aryl methyl sites for hydroxylation is 1. The number of benzene rings is 3. The van der Waals surface area contributed by atoms with Gasteiger partial charge in [-0.15, -0.1) is 0 Å². The molecule has 1 amide bonds. The van der Waals surface area contributed by atoms with Gasteiger partial charge in [-0.25, -0.2) is 0 Å². The number of amides is 1. The standard InChI is InChI=1S/C29H29NO4/c1-5-20-11-13-21(14-12-20)30-29(31)15-19(3)23-16-24-25(22-9-7-8-10-26(22)32-4)18-34-28(24)17-27(23)33-6-2/h7-18H,5-6H2,1-4H3,(H,30,31)/b19-15+. The molecule has 1 aromatic heterocycles. The molecular weight excluding hydrogens is 426 g/mol. The number of methoxy groups -OCH3 is 1. The zero-order valence-electron chi connectivity index (χ0n) is 20.0. The van der Waals surface area contributed by atoms with E-state index in [1.54, 1.807) is 19.4 Å². The third-order valence-electron chi connectivity index (χ3n) is 5.77. The summed E-state index contributed by atoms with van der Waals surface area (Å²) in [6.45, 7) is 6.45. The molecule has 0 unspecified atom stereocenters. The molecule has 5 nitrogen and oxygen atoms in total. The topological polar surface area (TPSA) is 60.7 Å². The highest BCUT2D eigenvalue weighted by Gasteiger charge is 2.17. The lowest BCUT2D eigenvalue weighted by atomic mass is 9.98. The molecule has 1 N–H and O–H groups in total. The molecule has 0 spiro atoms. The van der Waals surface area contributed by atoms with Crippen LogP contribution in [-0.2, 0) is 11.2 Å². The van der Waals surface area contributed by atoms with Crippen molar-refractivity contribution < 1.29 is 18.7 Å². The third-order valence-corrected chi connectivity index (χ3v) is 5.77. The van der Waals surface area contributed by atoms with E-state index < -0.39 is 0 Å². The third kappa shape index (κ3) is 4.84. The summed E-state index contributed by atoms with van der Waals surface area (Å²) < 4.78 is 17.3. The number of rotatable bonds is 8. The largest absolute Gasteiger partial charge is 0.496 e. The van der Waals surface area contributed by atoms with Gasteiger partial charge in [0.2, 0.25) is 5.91 Å². The molecule has 0 radical (unpaired) electrons. The predicted octanol–water partition coefficient (Wildman–Crippen LogP) is 7.11. The summed E-state index contributed by atoms with van der Waals surface area (Å²) in [6, 6.07) is 19.6. The Hall–Kier alpha value is -3.99. The number of fused-ring (bicyclic) bond motifs is 1. The average molecular weight is 456 g/mol. The number of furan rings is 1. The van der Waals surface area contributed by atoms with E-state index in [9.17, 15) is 4.79 Å². The van der Waals surface area contributed by atoms with Crippen molar-refractivity contribution in [2.75, 3.05) is 19.0 Å². The molecule has 0 aliphatic carbocycles. The molecule has 0 saturated carbocycles. The lowest BCUT2D eigenvalue weighted by Crippen LogP contribution is -2.08. The molecular formula is C29H29NO4. The van der Waals surface area contributed by atoms with E-state index in [0.717, 1.165) is 45.5 Å². The van der Waals surface area contributed by atoms with Crippen molar-refractivity contribution >= 4 is 28.1 Å². The molecule has 0 fully saturated rings. The summed E-state index contributed by atoms with van der Waals surface area (Å²) in [5.41, 5.74) is 6.19. The van der Waals surface area contributed by atoms with Crippen molar-refractivity contribution in [2.24, 2.45) is 0 Å². The van der Waals surface area contributed by atoms with Gasteiger partial charge in [0.25, 0.3) is 0 Å². The van der Waals surface area contributed by atoms with Crippen LogP contribution in [0.3, 0.4) is 0 Å². The highest BCUT2D eigenvalue weighted by atomic mass is 16.5. The van der Waals surface area contributed by atoms with Gasteiger partial charge in [0.1, 0.15) is 17.1 Å². The summed E-state index contributed by atoms with van der Waals surface area (Å²) in [5, 5.41) is 3.86. The molecule has 1 heterocycles. The van der Waals surface area contributed by atoms with Crippen LogP contribution in [-0.4, -0.2) is 19.6 Å². The first-order valence-corrected chi connectivity index (χ1v) is 11.4. The van der Waals surface area contributed by atoms with Crippen LogP contribution in [0.25, 0.3) is 27.7 Å². The molecule has 4 aromatic rings. The molecule has 0 bridgehead atoms. The van der Waals surface area contributed by atoms with Crippen LogP contribution in [0.4, 0.5) is 5.69 Å². The number of hydrogen-bond acceptors (Lipinski definition) is 4. The highest BCUT2D eigenvalue weighted by Crippen LogP contribution is 2.40. The number of allylic oxidation sites excluding steroid dienone is 1. The van der Waals surface area contributed by atoms with Gasteiger partial charge in [-0.2, -0.15) is 0 Å². The van der Waals surface area contributed by atoms with Crippen molar-refractivity contribution in [2.45, 2.75) is 27.2 Å². The maximum atomic E-state index is 12.7. The van der Waals surface area contributed by atoms with Gasteiger partial charge in [0.05, 0.1) is 20.0 Å². The Labute approximate surface area is 200 Å². The normalized spacial score (nSPS) is 11.5. The number of nitrogens with one attached hydrogen (secondary N) is 1. The van der Waals surface area contributed by atoms with Gasteiger partial charge in [-0.3, -0.25) is 4.79 Å². The number of para-hydroxylation sites is 1. The van der Waals surface area contributed by atoms with Crippen molar-refractivity contribution in [3.63, 3.8) is 0 Å². The fraction of sp³-hybridized carbons (Fsp3) is 0.207. The smallest absolute Gasteiger partial charge is 0.248 e. The van der Waals surface area contributed by atoms with Crippen LogP contribution in [0.2, 0.25) is 0 Å². The summed E-state index contributed by atoms with van der Waals surface area (Å²) in [7, 11) is 1.65. The zero-order chi connectivity index (χ0) is 24.1. The van der Waals surface area contributed by atoms with Gasteiger partial charge in [0.15, 0.2) is 0 Å². The van der Waals surface area contributed by atoms with E-state index in [1.807, 2.05) is 74.5 Å². The first kappa shape index (κ1) is 23.2. The zero-order valence-corrected chi connectivity index (χ0v) is 20.0. The molecule has 0 aliphatic rings. The Balaban J connectivity index is 1.71. The minimum absolute atomic E-state index is 0.193. The average Bonchev–Trinajstić information content (AvgIpc) is 3.26. The first-order chi connectivity index (χ1) is 16.5. The van der Waals surface area contributed by atoms with Gasteiger partial charge in [0, 0.05) is 39.9 Å². The fourth-order valence-electron chi connectivity index (χ4n) is 3.99. The Morgan fingerprint density at radius 3 is 2.47 bits per heavy atom. The number of carbonyl (C=O) groups is 1. The Morgan fingerprint density at radius 1 is 1.00 bits per heavy atom. The molecule has 0 aliphatic heterocycles. The van der Waals surface area contributed by atoms with E-state index >= 15 is 0 Å². The minimum atomic E-state index is -0.193. The Morgan fingerprint density at radius 2 is 1.76 bits per heavy atom. The van der Waals surface area contributed by atoms with Crippen LogP contribution < -0.4 is 14.8 Å². The van der Waals surface area contributed by atoms with Crippen LogP contribution in [0, 0.1) is 0 Å². The number of anilines is 1. The van der Waals surface area contributed by atoms with Gasteiger partial charge >= 0.3 is 0 Å². The van der Waals surface area contributed by atoms with Crippen molar-refractivity contribution in [1.29, 1.82) is 0 Å². The Kier molecular flexibility index (Phi) is 7.02. The maximum absolute atomic E-state index is 12.7. The van der Waals surface area contributed by atoms with Crippen LogP contribution in [0.15, 0.2) is 77.4 Å². The lowest BCUT2D eigenvalue weighted by Gasteiger charge is -2.12. The minimum Gasteiger partial charge on any atom is -0.496 e. The van der Waals surface area contributed by atoms with Crippen molar-refractivity contribution in [3.05, 3.63) is 84.1 Å².